The lowest BCUT2D eigenvalue weighted by atomic mass is 9.84. The topological polar surface area (TPSA) is 47.1 Å². The number of aryl methyl sites for hydroxylation is 1. The lowest BCUT2D eigenvalue weighted by Gasteiger charge is -2.42. The summed E-state index contributed by atoms with van der Waals surface area (Å²) in [6, 6.07) is 17.4. The van der Waals surface area contributed by atoms with Crippen LogP contribution in [0.4, 0.5) is 10.5 Å². The Morgan fingerprint density at radius 2 is 1.58 bits per heavy atom. The number of carbonyl (C=O) groups excluding carboxylic acids is 2. The number of nitrogens with zero attached hydrogens (tertiary/aromatic N) is 4. The lowest BCUT2D eigenvalue weighted by molar-refractivity contribution is -0.137. The Bertz CT molecular complexity index is 1120. The molecule has 0 N–H and O–H groups in total. The molecule has 1 atom stereocenters. The molecule has 6 rings (SSSR count). The van der Waals surface area contributed by atoms with Crippen molar-refractivity contribution >= 4 is 17.6 Å². The van der Waals surface area contributed by atoms with Gasteiger partial charge in [0, 0.05) is 51.0 Å². The van der Waals surface area contributed by atoms with E-state index in [1.165, 1.54) is 48.3 Å². The molecule has 2 aromatic carbocycles. The zero-order chi connectivity index (χ0) is 24.7. The lowest BCUT2D eigenvalue weighted by Crippen LogP contribution is -2.56. The van der Waals surface area contributed by atoms with Crippen LogP contribution in [-0.2, 0) is 24.2 Å². The number of hydrogen-bond acceptors (Lipinski definition) is 4. The summed E-state index contributed by atoms with van der Waals surface area (Å²) in [5, 5.41) is 0. The number of likely N-dealkylation sites (N-methyl/N-ethyl adjacent to an activating group) is 1. The first-order valence-electron chi connectivity index (χ1n) is 13.9. The molecule has 6 heteroatoms. The molecule has 36 heavy (non-hydrogen) atoms. The van der Waals surface area contributed by atoms with Gasteiger partial charge in [-0.25, -0.2) is 4.79 Å². The minimum Gasteiger partial charge on any atom is -0.372 e. The number of piperidine rings is 1. The van der Waals surface area contributed by atoms with Crippen molar-refractivity contribution in [2.75, 3.05) is 37.6 Å². The third-order valence-electron chi connectivity index (χ3n) is 9.07. The highest BCUT2D eigenvalue weighted by atomic mass is 16.2. The molecule has 0 saturated carbocycles. The molecule has 1 unspecified atom stereocenters. The second kappa shape index (κ2) is 9.55. The molecular formula is C30H38N4O2. The maximum atomic E-state index is 13.9. The van der Waals surface area contributed by atoms with Crippen molar-refractivity contribution < 1.29 is 9.59 Å². The molecule has 0 aromatic heterocycles. The van der Waals surface area contributed by atoms with Gasteiger partial charge in [0.25, 0.3) is 5.91 Å². The van der Waals surface area contributed by atoms with Gasteiger partial charge in [0.05, 0.1) is 0 Å². The molecule has 3 fully saturated rings. The molecule has 190 valence electrons. The number of likely N-dealkylation sites (tertiary alicyclic amines) is 1. The van der Waals surface area contributed by atoms with Crippen molar-refractivity contribution in [1.82, 2.24) is 14.7 Å². The summed E-state index contributed by atoms with van der Waals surface area (Å²) >= 11 is 0. The molecular weight excluding hydrogens is 448 g/mol. The second-order valence-corrected chi connectivity index (χ2v) is 11.0. The van der Waals surface area contributed by atoms with Crippen molar-refractivity contribution in [3.8, 4) is 0 Å². The van der Waals surface area contributed by atoms with Gasteiger partial charge >= 0.3 is 6.03 Å². The van der Waals surface area contributed by atoms with Crippen LogP contribution in [0.1, 0.15) is 55.7 Å². The van der Waals surface area contributed by atoms with Gasteiger partial charge in [0.2, 0.25) is 0 Å². The average Bonchev–Trinajstić information content (AvgIpc) is 3.51. The normalized spacial score (nSPS) is 24.1. The summed E-state index contributed by atoms with van der Waals surface area (Å²) in [6.45, 7) is 7.50. The quantitative estimate of drug-likeness (QED) is 0.586. The van der Waals surface area contributed by atoms with E-state index >= 15 is 0 Å². The number of anilines is 1. The maximum Gasteiger partial charge on any atom is 0.327 e. The molecule has 2 aromatic rings. The molecule has 1 spiro atoms. The van der Waals surface area contributed by atoms with Crippen LogP contribution >= 0.6 is 0 Å². The van der Waals surface area contributed by atoms with E-state index < -0.39 is 5.54 Å². The largest absolute Gasteiger partial charge is 0.372 e. The van der Waals surface area contributed by atoms with E-state index in [0.717, 1.165) is 51.7 Å². The number of urea groups is 1. The zero-order valence-corrected chi connectivity index (χ0v) is 21.5. The Hall–Kier alpha value is -2.86. The summed E-state index contributed by atoms with van der Waals surface area (Å²) in [5.41, 5.74) is 4.62. The summed E-state index contributed by atoms with van der Waals surface area (Å²) in [4.78, 5) is 35.9. The van der Waals surface area contributed by atoms with Crippen LogP contribution in [0.25, 0.3) is 0 Å². The molecule has 0 radical (unpaired) electrons. The molecule has 6 nitrogen and oxygen atoms in total. The first kappa shape index (κ1) is 23.5. The molecule has 0 bridgehead atoms. The van der Waals surface area contributed by atoms with Crippen LogP contribution in [0.5, 0.6) is 0 Å². The minimum absolute atomic E-state index is 0.0273. The van der Waals surface area contributed by atoms with Gasteiger partial charge in [-0.1, -0.05) is 36.4 Å². The van der Waals surface area contributed by atoms with Gasteiger partial charge in [-0.05, 0) is 80.7 Å². The monoisotopic (exact) mass is 486 g/mol. The number of benzene rings is 2. The number of amides is 3. The Labute approximate surface area is 214 Å². The van der Waals surface area contributed by atoms with Crippen LogP contribution in [-0.4, -0.2) is 70.9 Å². The fourth-order valence-electron chi connectivity index (χ4n) is 7.01. The Kier molecular flexibility index (Phi) is 6.24. The van der Waals surface area contributed by atoms with Crippen LogP contribution in [0, 0.1) is 0 Å². The fourth-order valence-corrected chi connectivity index (χ4v) is 7.01. The van der Waals surface area contributed by atoms with Gasteiger partial charge in [-0.3, -0.25) is 14.6 Å². The first-order valence-corrected chi connectivity index (χ1v) is 13.9. The van der Waals surface area contributed by atoms with Gasteiger partial charge in [0.15, 0.2) is 0 Å². The van der Waals surface area contributed by atoms with E-state index in [0.29, 0.717) is 6.54 Å². The number of hydrogen-bond donors (Lipinski definition) is 0. The van der Waals surface area contributed by atoms with Gasteiger partial charge in [-0.15, -0.1) is 0 Å². The van der Waals surface area contributed by atoms with Crippen molar-refractivity contribution in [3.05, 3.63) is 65.2 Å². The van der Waals surface area contributed by atoms with E-state index in [4.69, 9.17) is 0 Å². The smallest absolute Gasteiger partial charge is 0.327 e. The fraction of sp³-hybridized carbons (Fsp3) is 0.533. The van der Waals surface area contributed by atoms with Crippen molar-refractivity contribution in [3.63, 3.8) is 0 Å². The summed E-state index contributed by atoms with van der Waals surface area (Å²) in [7, 11) is 0. The average molecular weight is 487 g/mol. The highest BCUT2D eigenvalue weighted by Crippen LogP contribution is 2.40. The van der Waals surface area contributed by atoms with Crippen LogP contribution in [0.15, 0.2) is 48.5 Å². The SMILES string of the molecule is CCN1C(=O)N(C2CCc3ccccc3C2)C(=O)C12CCN(Cc1ccc(N3CCCC3)cc1)CC2. The number of fused-ring (bicyclic) bond motifs is 1. The van der Waals surface area contributed by atoms with Crippen molar-refractivity contribution in [2.24, 2.45) is 0 Å². The van der Waals surface area contributed by atoms with Crippen molar-refractivity contribution in [1.29, 1.82) is 0 Å². The van der Waals surface area contributed by atoms with Crippen molar-refractivity contribution in [2.45, 2.75) is 70.0 Å². The van der Waals surface area contributed by atoms with E-state index in [1.54, 1.807) is 4.90 Å². The predicted molar refractivity (Wildman–Crippen MR) is 142 cm³/mol. The standard InChI is InChI=1S/C30H38N4O2/c1-2-33-29(36)34(27-14-11-24-7-3-4-8-25(24)21-27)28(35)30(33)15-19-31(20-16-30)22-23-9-12-26(13-10-23)32-17-5-6-18-32/h3-4,7-10,12-13,27H,2,5-6,11,14-22H2,1H3. The Balaban J connectivity index is 1.13. The maximum absolute atomic E-state index is 13.9. The zero-order valence-electron chi connectivity index (χ0n) is 21.5. The molecule has 3 heterocycles. The van der Waals surface area contributed by atoms with Crippen LogP contribution in [0.3, 0.4) is 0 Å². The Morgan fingerprint density at radius 3 is 2.28 bits per heavy atom. The van der Waals surface area contributed by atoms with Crippen LogP contribution in [0.2, 0.25) is 0 Å². The van der Waals surface area contributed by atoms with E-state index in [2.05, 4.69) is 58.3 Å². The molecule has 3 aliphatic heterocycles. The number of rotatable bonds is 5. The molecule has 3 amide bonds. The summed E-state index contributed by atoms with van der Waals surface area (Å²) in [5.74, 6) is 0.0494. The van der Waals surface area contributed by atoms with Gasteiger partial charge < -0.3 is 9.80 Å². The highest BCUT2D eigenvalue weighted by Gasteiger charge is 2.58. The molecule has 4 aliphatic rings. The number of imide groups is 1. The van der Waals surface area contributed by atoms with E-state index in [-0.39, 0.29) is 18.0 Å². The third kappa shape index (κ3) is 4.00. The molecule has 1 aliphatic carbocycles. The highest BCUT2D eigenvalue weighted by molar-refractivity contribution is 6.07. The van der Waals surface area contributed by atoms with E-state index in [9.17, 15) is 9.59 Å². The number of carbonyl (C=O) groups is 2. The minimum atomic E-state index is -0.668. The van der Waals surface area contributed by atoms with E-state index in [1.807, 2.05) is 11.8 Å². The van der Waals surface area contributed by atoms with Gasteiger partial charge in [-0.2, -0.15) is 0 Å². The second-order valence-electron chi connectivity index (χ2n) is 11.0. The predicted octanol–water partition coefficient (Wildman–Crippen LogP) is 4.46. The third-order valence-corrected chi connectivity index (χ3v) is 9.07. The summed E-state index contributed by atoms with van der Waals surface area (Å²) in [6.07, 6.45) is 6.59. The van der Waals surface area contributed by atoms with Crippen LogP contribution < -0.4 is 4.90 Å². The Morgan fingerprint density at radius 1 is 0.889 bits per heavy atom. The summed E-state index contributed by atoms with van der Waals surface area (Å²) < 4.78 is 0. The molecule has 3 saturated heterocycles. The first-order chi connectivity index (χ1) is 17.6. The van der Waals surface area contributed by atoms with Gasteiger partial charge in [0.1, 0.15) is 5.54 Å².